The van der Waals surface area contributed by atoms with Crippen LogP contribution in [0.1, 0.15) is 55.4 Å². The zero-order chi connectivity index (χ0) is 16.2. The van der Waals surface area contributed by atoms with Crippen molar-refractivity contribution in [3.63, 3.8) is 0 Å². The molecule has 116 valence electrons. The quantitative estimate of drug-likeness (QED) is 0.696. The van der Waals surface area contributed by atoms with Gasteiger partial charge < -0.3 is 9.64 Å². The number of Topliss-reactive ketones (excluding diaryl/α,β-unsaturated/α-hetero) is 1. The van der Waals surface area contributed by atoms with Crippen LogP contribution in [0.4, 0.5) is 4.79 Å². The van der Waals surface area contributed by atoms with Gasteiger partial charge in [0.15, 0.2) is 11.4 Å². The van der Waals surface area contributed by atoms with E-state index in [1.807, 2.05) is 27.7 Å². The maximum Gasteiger partial charge on any atom is 0.411 e. The molecule has 1 unspecified atom stereocenters. The molecule has 0 aromatic heterocycles. The van der Waals surface area contributed by atoms with Crippen LogP contribution in [0.15, 0.2) is 12.2 Å². The van der Waals surface area contributed by atoms with E-state index in [0.717, 1.165) is 5.57 Å². The zero-order valence-corrected chi connectivity index (χ0v) is 14.1. The van der Waals surface area contributed by atoms with Crippen molar-refractivity contribution in [1.82, 2.24) is 4.90 Å². The Labute approximate surface area is 123 Å². The fourth-order valence-corrected chi connectivity index (χ4v) is 2.08. The van der Waals surface area contributed by atoms with Crippen molar-refractivity contribution in [2.75, 3.05) is 0 Å². The fraction of sp³-hybridized carbons (Fsp3) is 0.750. The van der Waals surface area contributed by atoms with Crippen LogP contribution in [-0.4, -0.2) is 34.5 Å². The first-order chi connectivity index (χ1) is 8.91. The van der Waals surface area contributed by atoms with Gasteiger partial charge in [0.1, 0.15) is 0 Å². The summed E-state index contributed by atoms with van der Waals surface area (Å²) in [4.78, 5) is 26.2. The Balaban J connectivity index is 5.04. The summed E-state index contributed by atoms with van der Waals surface area (Å²) in [6.07, 6.45) is -0.456. The van der Waals surface area contributed by atoms with Gasteiger partial charge in [0.2, 0.25) is 0 Å². The van der Waals surface area contributed by atoms with Gasteiger partial charge in [-0.05, 0) is 48.5 Å². The molecule has 0 radical (unpaired) electrons. The van der Waals surface area contributed by atoms with Gasteiger partial charge in [-0.1, -0.05) is 19.1 Å². The van der Waals surface area contributed by atoms with Crippen molar-refractivity contribution in [2.45, 2.75) is 73.1 Å². The van der Waals surface area contributed by atoms with Crippen LogP contribution in [0.3, 0.4) is 0 Å². The summed E-state index contributed by atoms with van der Waals surface area (Å²) >= 11 is 0. The standard InChI is InChI=1S/C16H29NO3/c1-10(2)13(7)14(18)16(8,9)20-15(19)17(11(3)4)12(5)6/h11-13H,1H2,2-9H3. The Morgan fingerprint density at radius 3 is 1.75 bits per heavy atom. The minimum absolute atomic E-state index is 0.0203. The molecule has 0 rings (SSSR count). The summed E-state index contributed by atoms with van der Waals surface area (Å²) < 4.78 is 5.45. The number of nitrogens with zero attached hydrogens (tertiary/aromatic N) is 1. The molecule has 0 aliphatic rings. The molecule has 0 aromatic carbocycles. The number of hydrogen-bond acceptors (Lipinski definition) is 3. The highest BCUT2D eigenvalue weighted by Crippen LogP contribution is 2.22. The summed E-state index contributed by atoms with van der Waals surface area (Å²) in [6.45, 7) is 18.3. The maximum absolute atomic E-state index is 12.3. The van der Waals surface area contributed by atoms with E-state index in [1.165, 1.54) is 0 Å². The van der Waals surface area contributed by atoms with Crippen molar-refractivity contribution in [3.8, 4) is 0 Å². The van der Waals surface area contributed by atoms with Gasteiger partial charge in [-0.15, -0.1) is 0 Å². The smallest absolute Gasteiger partial charge is 0.411 e. The average molecular weight is 283 g/mol. The second-order valence-electron chi connectivity index (χ2n) is 6.41. The van der Waals surface area contributed by atoms with Gasteiger partial charge in [-0.3, -0.25) is 4.79 Å². The van der Waals surface area contributed by atoms with E-state index >= 15 is 0 Å². The van der Waals surface area contributed by atoms with Crippen LogP contribution >= 0.6 is 0 Å². The van der Waals surface area contributed by atoms with Crippen molar-refractivity contribution < 1.29 is 14.3 Å². The minimum atomic E-state index is -1.16. The molecule has 1 atom stereocenters. The second kappa shape index (κ2) is 6.91. The van der Waals surface area contributed by atoms with Crippen LogP contribution in [0.25, 0.3) is 0 Å². The van der Waals surface area contributed by atoms with Gasteiger partial charge >= 0.3 is 6.09 Å². The molecule has 1 amide bonds. The Morgan fingerprint density at radius 1 is 1.05 bits per heavy atom. The first-order valence-electron chi connectivity index (χ1n) is 7.12. The molecule has 0 bridgehead atoms. The van der Waals surface area contributed by atoms with E-state index in [-0.39, 0.29) is 23.8 Å². The maximum atomic E-state index is 12.3. The van der Waals surface area contributed by atoms with E-state index in [1.54, 1.807) is 32.6 Å². The molecule has 0 fully saturated rings. The van der Waals surface area contributed by atoms with E-state index < -0.39 is 11.7 Å². The fourth-order valence-electron chi connectivity index (χ4n) is 2.08. The van der Waals surface area contributed by atoms with E-state index in [0.29, 0.717) is 0 Å². The SMILES string of the molecule is C=C(C)C(C)C(=O)C(C)(C)OC(=O)N(C(C)C)C(C)C. The first-order valence-corrected chi connectivity index (χ1v) is 7.12. The molecule has 0 N–H and O–H groups in total. The van der Waals surface area contributed by atoms with Gasteiger partial charge in [-0.25, -0.2) is 4.79 Å². The monoisotopic (exact) mass is 283 g/mol. The molecular weight excluding hydrogens is 254 g/mol. The zero-order valence-electron chi connectivity index (χ0n) is 14.1. The number of carbonyl (C=O) groups is 2. The largest absolute Gasteiger partial charge is 0.435 e. The number of ether oxygens (including phenoxy) is 1. The van der Waals surface area contributed by atoms with Gasteiger partial charge in [0.25, 0.3) is 0 Å². The van der Waals surface area contributed by atoms with E-state index in [9.17, 15) is 9.59 Å². The Hall–Kier alpha value is -1.32. The van der Waals surface area contributed by atoms with E-state index in [4.69, 9.17) is 4.74 Å². The molecule has 4 heteroatoms. The summed E-state index contributed by atoms with van der Waals surface area (Å²) in [5.41, 5.74) is -0.388. The summed E-state index contributed by atoms with van der Waals surface area (Å²) in [5, 5.41) is 0. The molecule has 0 heterocycles. The predicted molar refractivity (Wildman–Crippen MR) is 81.7 cm³/mol. The van der Waals surface area contributed by atoms with Crippen LogP contribution < -0.4 is 0 Å². The summed E-state index contributed by atoms with van der Waals surface area (Å²) in [6, 6.07) is 0.0407. The predicted octanol–water partition coefficient (Wildman–Crippen LogP) is 3.80. The van der Waals surface area contributed by atoms with Crippen molar-refractivity contribution in [1.29, 1.82) is 0 Å². The van der Waals surface area contributed by atoms with Gasteiger partial charge in [0, 0.05) is 18.0 Å². The lowest BCUT2D eigenvalue weighted by atomic mass is 9.89. The molecule has 0 aliphatic carbocycles. The highest BCUT2D eigenvalue weighted by molar-refractivity contribution is 5.92. The second-order valence-corrected chi connectivity index (χ2v) is 6.41. The summed E-state index contributed by atoms with van der Waals surface area (Å²) in [5.74, 6) is -0.463. The lowest BCUT2D eigenvalue weighted by Gasteiger charge is -2.34. The van der Waals surface area contributed by atoms with E-state index in [2.05, 4.69) is 6.58 Å². The third-order valence-corrected chi connectivity index (χ3v) is 3.39. The normalized spacial score (nSPS) is 13.3. The van der Waals surface area contributed by atoms with Crippen molar-refractivity contribution in [3.05, 3.63) is 12.2 Å². The Kier molecular flexibility index (Phi) is 6.45. The molecule has 0 saturated heterocycles. The number of allylic oxidation sites excluding steroid dienone is 1. The highest BCUT2D eigenvalue weighted by atomic mass is 16.6. The number of hydrogen-bond donors (Lipinski definition) is 0. The number of carbonyl (C=O) groups excluding carboxylic acids is 2. The number of amides is 1. The average Bonchev–Trinajstić information content (AvgIpc) is 2.24. The molecule has 0 aliphatic heterocycles. The third kappa shape index (κ3) is 4.66. The van der Waals surface area contributed by atoms with Crippen LogP contribution in [-0.2, 0) is 9.53 Å². The molecular formula is C16H29NO3. The topological polar surface area (TPSA) is 46.6 Å². The Bertz CT molecular complexity index is 375. The van der Waals surface area contributed by atoms with Crippen molar-refractivity contribution >= 4 is 11.9 Å². The number of rotatable bonds is 6. The molecule has 0 saturated carbocycles. The molecule has 0 spiro atoms. The molecule has 4 nitrogen and oxygen atoms in total. The lowest BCUT2D eigenvalue weighted by molar-refractivity contribution is -0.138. The van der Waals surface area contributed by atoms with Gasteiger partial charge in [-0.2, -0.15) is 0 Å². The van der Waals surface area contributed by atoms with Gasteiger partial charge in [0.05, 0.1) is 0 Å². The van der Waals surface area contributed by atoms with Crippen molar-refractivity contribution in [2.24, 2.45) is 5.92 Å². The van der Waals surface area contributed by atoms with Crippen LogP contribution in [0.2, 0.25) is 0 Å². The third-order valence-electron chi connectivity index (χ3n) is 3.39. The lowest BCUT2D eigenvalue weighted by Crippen LogP contribution is -2.48. The number of ketones is 1. The molecule has 0 aromatic rings. The summed E-state index contributed by atoms with van der Waals surface area (Å²) in [7, 11) is 0. The Morgan fingerprint density at radius 2 is 1.45 bits per heavy atom. The molecule has 20 heavy (non-hydrogen) atoms. The first kappa shape index (κ1) is 18.7. The van der Waals surface area contributed by atoms with Crippen LogP contribution in [0.5, 0.6) is 0 Å². The highest BCUT2D eigenvalue weighted by Gasteiger charge is 2.37. The minimum Gasteiger partial charge on any atom is -0.435 e. The van der Waals surface area contributed by atoms with Crippen LogP contribution in [0, 0.1) is 5.92 Å².